The Bertz CT molecular complexity index is 345. The van der Waals surface area contributed by atoms with E-state index in [0.717, 1.165) is 25.7 Å². The van der Waals surface area contributed by atoms with Crippen LogP contribution in [0.1, 0.15) is 64.2 Å². The van der Waals surface area contributed by atoms with Crippen LogP contribution in [0.15, 0.2) is 0 Å². The lowest BCUT2D eigenvalue weighted by atomic mass is 9.98. The van der Waals surface area contributed by atoms with Gasteiger partial charge in [-0.15, -0.1) is 0 Å². The molecule has 0 atom stereocenters. The zero-order valence-electron chi connectivity index (χ0n) is 12.1. The maximum atomic E-state index is 11.7. The van der Waals surface area contributed by atoms with Crippen LogP contribution in [0.4, 0.5) is 0 Å². The predicted octanol–water partition coefficient (Wildman–Crippen LogP) is 1.25. The van der Waals surface area contributed by atoms with Crippen molar-refractivity contribution in [2.75, 3.05) is 6.54 Å². The van der Waals surface area contributed by atoms with Gasteiger partial charge in [0, 0.05) is 19.0 Å². The fourth-order valence-corrected chi connectivity index (χ4v) is 3.26. The molecule has 0 radical (unpaired) electrons. The molecular formula is C15H26N2O3. The van der Waals surface area contributed by atoms with Gasteiger partial charge in [-0.05, 0) is 25.7 Å². The second kappa shape index (κ2) is 7.07. The third kappa shape index (κ3) is 4.78. The molecule has 2 aliphatic carbocycles. The van der Waals surface area contributed by atoms with Gasteiger partial charge in [-0.1, -0.05) is 25.7 Å². The number of amides is 2. The summed E-state index contributed by atoms with van der Waals surface area (Å²) in [5, 5.41) is 15.8. The summed E-state index contributed by atoms with van der Waals surface area (Å²) in [6.45, 7) is 0.355. The predicted molar refractivity (Wildman–Crippen MR) is 76.1 cm³/mol. The van der Waals surface area contributed by atoms with Crippen molar-refractivity contribution in [1.29, 1.82) is 0 Å². The van der Waals surface area contributed by atoms with Gasteiger partial charge in [-0.2, -0.15) is 0 Å². The Morgan fingerprint density at radius 2 is 1.70 bits per heavy atom. The van der Waals surface area contributed by atoms with E-state index in [2.05, 4.69) is 10.6 Å². The van der Waals surface area contributed by atoms with E-state index in [1.54, 1.807) is 0 Å². The van der Waals surface area contributed by atoms with Crippen molar-refractivity contribution in [2.45, 2.75) is 75.9 Å². The summed E-state index contributed by atoms with van der Waals surface area (Å²) in [6, 6.07) is 0.331. The average molecular weight is 282 g/mol. The zero-order chi connectivity index (χ0) is 14.4. The molecule has 0 aromatic rings. The highest BCUT2D eigenvalue weighted by molar-refractivity contribution is 5.79. The maximum Gasteiger partial charge on any atom is 0.222 e. The Hall–Kier alpha value is -1.10. The minimum Gasteiger partial charge on any atom is -0.389 e. The lowest BCUT2D eigenvalue weighted by molar-refractivity contribution is -0.126. The Morgan fingerprint density at radius 1 is 1.05 bits per heavy atom. The minimum absolute atomic E-state index is 0.0109. The standard InChI is InChI=1S/C15H26N2O3/c18-13(17-12-5-1-2-6-12)7-10-16-14(19)11-15(20)8-3-4-9-15/h12,20H,1-11H2,(H,16,19)(H,17,18). The number of hydrogen-bond acceptors (Lipinski definition) is 3. The Morgan fingerprint density at radius 3 is 2.35 bits per heavy atom. The third-order valence-corrected chi connectivity index (χ3v) is 4.42. The fraction of sp³-hybridized carbons (Fsp3) is 0.867. The molecule has 0 unspecified atom stereocenters. The number of carbonyl (C=O) groups is 2. The van der Waals surface area contributed by atoms with E-state index in [4.69, 9.17) is 0 Å². The summed E-state index contributed by atoms with van der Waals surface area (Å²) >= 11 is 0. The molecular weight excluding hydrogens is 256 g/mol. The van der Waals surface area contributed by atoms with E-state index in [9.17, 15) is 14.7 Å². The Labute approximate surface area is 120 Å². The van der Waals surface area contributed by atoms with Gasteiger partial charge in [0.15, 0.2) is 0 Å². The number of hydrogen-bond donors (Lipinski definition) is 3. The molecule has 0 heterocycles. The van der Waals surface area contributed by atoms with E-state index in [1.807, 2.05) is 0 Å². The average Bonchev–Trinajstić information content (AvgIpc) is 3.01. The van der Waals surface area contributed by atoms with Crippen molar-refractivity contribution < 1.29 is 14.7 Å². The zero-order valence-corrected chi connectivity index (χ0v) is 12.1. The van der Waals surface area contributed by atoms with Crippen LogP contribution < -0.4 is 10.6 Å². The molecule has 0 spiro atoms. The van der Waals surface area contributed by atoms with Crippen molar-refractivity contribution >= 4 is 11.8 Å². The Kier molecular flexibility index (Phi) is 5.40. The maximum absolute atomic E-state index is 11.7. The van der Waals surface area contributed by atoms with E-state index >= 15 is 0 Å². The molecule has 0 aliphatic heterocycles. The molecule has 0 aromatic carbocycles. The van der Waals surface area contributed by atoms with Gasteiger partial charge in [-0.25, -0.2) is 0 Å². The quantitative estimate of drug-likeness (QED) is 0.686. The molecule has 0 bridgehead atoms. The van der Waals surface area contributed by atoms with Crippen LogP contribution in [0, 0.1) is 0 Å². The number of nitrogens with one attached hydrogen (secondary N) is 2. The van der Waals surface area contributed by atoms with Crippen LogP contribution in [0.5, 0.6) is 0 Å². The number of rotatable bonds is 6. The van der Waals surface area contributed by atoms with Crippen LogP contribution in [-0.2, 0) is 9.59 Å². The van der Waals surface area contributed by atoms with Crippen molar-refractivity contribution in [3.8, 4) is 0 Å². The third-order valence-electron chi connectivity index (χ3n) is 4.42. The van der Waals surface area contributed by atoms with Crippen LogP contribution in [0.2, 0.25) is 0 Å². The molecule has 3 N–H and O–H groups in total. The van der Waals surface area contributed by atoms with Crippen molar-refractivity contribution in [3.05, 3.63) is 0 Å². The van der Waals surface area contributed by atoms with Crippen LogP contribution in [-0.4, -0.2) is 35.1 Å². The van der Waals surface area contributed by atoms with Gasteiger partial charge in [-0.3, -0.25) is 9.59 Å². The highest BCUT2D eigenvalue weighted by Gasteiger charge is 2.33. The monoisotopic (exact) mass is 282 g/mol. The topological polar surface area (TPSA) is 78.4 Å². The molecule has 2 fully saturated rings. The van der Waals surface area contributed by atoms with Gasteiger partial charge >= 0.3 is 0 Å². The van der Waals surface area contributed by atoms with Crippen LogP contribution in [0.3, 0.4) is 0 Å². The fourth-order valence-electron chi connectivity index (χ4n) is 3.26. The van der Waals surface area contributed by atoms with Crippen molar-refractivity contribution in [2.24, 2.45) is 0 Å². The normalized spacial score (nSPS) is 21.9. The molecule has 20 heavy (non-hydrogen) atoms. The smallest absolute Gasteiger partial charge is 0.222 e. The lowest BCUT2D eigenvalue weighted by Crippen LogP contribution is -2.38. The first-order valence-electron chi connectivity index (χ1n) is 7.86. The van der Waals surface area contributed by atoms with E-state index in [0.29, 0.717) is 31.8 Å². The molecule has 2 saturated carbocycles. The summed E-state index contributed by atoms with van der Waals surface area (Å²) in [6.07, 6.45) is 8.43. The second-order valence-corrected chi connectivity index (χ2v) is 6.26. The largest absolute Gasteiger partial charge is 0.389 e. The molecule has 0 saturated heterocycles. The Balaban J connectivity index is 1.57. The summed E-state index contributed by atoms with van der Waals surface area (Å²) in [4.78, 5) is 23.4. The molecule has 5 nitrogen and oxygen atoms in total. The van der Waals surface area contributed by atoms with Gasteiger partial charge < -0.3 is 15.7 Å². The van der Waals surface area contributed by atoms with E-state index in [1.165, 1.54) is 12.8 Å². The summed E-state index contributed by atoms with van der Waals surface area (Å²) < 4.78 is 0. The van der Waals surface area contributed by atoms with Gasteiger partial charge in [0.1, 0.15) is 0 Å². The number of carbonyl (C=O) groups excluding carboxylic acids is 2. The SMILES string of the molecule is O=C(CC1(O)CCCC1)NCCC(=O)NC1CCCC1. The van der Waals surface area contributed by atoms with Crippen molar-refractivity contribution in [3.63, 3.8) is 0 Å². The molecule has 0 aromatic heterocycles. The molecule has 2 aliphatic rings. The first-order chi connectivity index (χ1) is 9.57. The lowest BCUT2D eigenvalue weighted by Gasteiger charge is -2.21. The molecule has 2 amide bonds. The molecule has 114 valence electrons. The summed E-state index contributed by atoms with van der Waals surface area (Å²) in [7, 11) is 0. The van der Waals surface area contributed by atoms with E-state index < -0.39 is 5.60 Å². The van der Waals surface area contributed by atoms with Gasteiger partial charge in [0.2, 0.25) is 11.8 Å². The molecule has 5 heteroatoms. The second-order valence-electron chi connectivity index (χ2n) is 6.26. The summed E-state index contributed by atoms with van der Waals surface area (Å²) in [5.41, 5.74) is -0.809. The van der Waals surface area contributed by atoms with Crippen molar-refractivity contribution in [1.82, 2.24) is 10.6 Å². The first kappa shape index (κ1) is 15.3. The van der Waals surface area contributed by atoms with E-state index in [-0.39, 0.29) is 18.2 Å². The summed E-state index contributed by atoms with van der Waals surface area (Å²) in [5.74, 6) is -0.139. The highest BCUT2D eigenvalue weighted by Crippen LogP contribution is 2.32. The first-order valence-corrected chi connectivity index (χ1v) is 7.86. The minimum atomic E-state index is -0.809. The van der Waals surface area contributed by atoms with Crippen LogP contribution >= 0.6 is 0 Å². The van der Waals surface area contributed by atoms with Gasteiger partial charge in [0.25, 0.3) is 0 Å². The van der Waals surface area contributed by atoms with Gasteiger partial charge in [0.05, 0.1) is 12.0 Å². The number of aliphatic hydroxyl groups is 1. The highest BCUT2D eigenvalue weighted by atomic mass is 16.3. The molecule has 2 rings (SSSR count). The van der Waals surface area contributed by atoms with Crippen LogP contribution in [0.25, 0.3) is 0 Å².